The van der Waals surface area contributed by atoms with Gasteiger partial charge in [0.1, 0.15) is 13.2 Å². The minimum Gasteiger partial charge on any atom is -0.481 e. The molecule has 0 aromatic rings. The van der Waals surface area contributed by atoms with E-state index in [2.05, 4.69) is 120 Å². The molecule has 0 aromatic heterocycles. The van der Waals surface area contributed by atoms with Crippen LogP contribution in [0.2, 0.25) is 0 Å². The fraction of sp³-hybridized carbons (Fsp3) is 0.950. The van der Waals surface area contributed by atoms with Crippen molar-refractivity contribution in [3.63, 3.8) is 0 Å². The van der Waals surface area contributed by atoms with E-state index >= 15 is 4.79 Å². The first-order valence-electron chi connectivity index (χ1n) is 49.5. The number of esters is 1. The van der Waals surface area contributed by atoms with Crippen molar-refractivity contribution < 1.29 is 29.0 Å². The van der Waals surface area contributed by atoms with Gasteiger partial charge in [-0.2, -0.15) is 0 Å². The van der Waals surface area contributed by atoms with Gasteiger partial charge in [0.15, 0.2) is 0 Å². The number of ether oxygens (including phenoxy) is 2. The van der Waals surface area contributed by atoms with Crippen LogP contribution in [0.4, 0.5) is 0 Å². The van der Waals surface area contributed by atoms with E-state index < -0.39 is 16.8 Å². The topological polar surface area (TPSA) is 105 Å². The standard InChI is InChI=1S/C101H198N2O6/c1-17-25-33-41-49-60-70-86-109-97(105)81-68-58-50-59-69-83-103(85-72-82-102-96(104)87-108-16)84-71-80-95(88(9)73-61-51-42-34-26-18-2)99(89(10)74-62-52-43-35-27-19-3,90(11)75-63-53-44-36-28-20-4)101(93(14)78-66-56-47-39-31-23-7,94(15)79-67-57-48-40-32-24-8)100(98(106)107,91(12)76-64-54-45-37-29-21-5)92(13)77-65-55-46-38-30-22-6/h60,70,88-95H,17-59,61-69,71-87H2,1-16H3,(H,102,104)(H,106,107)/b70-60+. The van der Waals surface area contributed by atoms with Crippen LogP contribution in [0, 0.1) is 63.6 Å². The second-order valence-corrected chi connectivity index (χ2v) is 36.5. The highest BCUT2D eigenvalue weighted by atomic mass is 16.5. The number of allylic oxidation sites excluding steroid dienone is 1. The molecule has 0 saturated carbocycles. The minimum atomic E-state index is -0.962. The van der Waals surface area contributed by atoms with Gasteiger partial charge in [-0.1, -0.05) is 456 Å². The average molecular weight is 1540 g/mol. The van der Waals surface area contributed by atoms with Crippen LogP contribution in [0.15, 0.2) is 12.2 Å². The van der Waals surface area contributed by atoms with E-state index in [0.717, 1.165) is 116 Å². The Hall–Kier alpha value is -1.93. The number of nitrogens with zero attached hydrogens (tertiary/aromatic N) is 1. The van der Waals surface area contributed by atoms with Gasteiger partial charge in [0.2, 0.25) is 5.91 Å². The van der Waals surface area contributed by atoms with Gasteiger partial charge in [0, 0.05) is 20.1 Å². The van der Waals surface area contributed by atoms with Crippen molar-refractivity contribution in [2.45, 2.75) is 508 Å². The van der Waals surface area contributed by atoms with Crippen LogP contribution in [0.3, 0.4) is 0 Å². The van der Waals surface area contributed by atoms with E-state index in [1.165, 1.54) is 302 Å². The van der Waals surface area contributed by atoms with E-state index in [0.29, 0.717) is 43.2 Å². The first-order chi connectivity index (χ1) is 53.0. The summed E-state index contributed by atoms with van der Waals surface area (Å²) in [5.41, 5.74) is -1.77. The van der Waals surface area contributed by atoms with Gasteiger partial charge < -0.3 is 24.8 Å². The van der Waals surface area contributed by atoms with E-state index in [4.69, 9.17) is 9.47 Å². The predicted molar refractivity (Wildman–Crippen MR) is 480 cm³/mol. The van der Waals surface area contributed by atoms with Crippen LogP contribution in [-0.4, -0.2) is 74.4 Å². The molecule has 0 heterocycles. The van der Waals surface area contributed by atoms with Crippen LogP contribution in [0.5, 0.6) is 0 Å². The molecular weight excluding hydrogens is 1340 g/mol. The molecular formula is C101H198N2O6. The Morgan fingerprint density at radius 3 is 1.06 bits per heavy atom. The molecule has 8 atom stereocenters. The molecule has 8 nitrogen and oxygen atoms in total. The Kier molecular flexibility index (Phi) is 72.4. The number of hydrogen-bond donors (Lipinski definition) is 2. The molecule has 0 spiro atoms. The number of nitrogens with one attached hydrogen (secondary N) is 1. The quantitative estimate of drug-likeness (QED) is 0.0355. The molecule has 8 unspecified atom stereocenters. The minimum absolute atomic E-state index is 0.0208. The first kappa shape index (κ1) is 107. The molecule has 109 heavy (non-hydrogen) atoms. The largest absolute Gasteiger partial charge is 0.481 e. The zero-order valence-electron chi connectivity index (χ0n) is 77.0. The summed E-state index contributed by atoms with van der Waals surface area (Å²) in [5, 5.41) is 17.4. The Labute approximate surface area is 683 Å². The maximum absolute atomic E-state index is 17.3. The van der Waals surface area contributed by atoms with E-state index in [-0.39, 0.29) is 47.6 Å². The molecule has 0 aromatic carbocycles. The average Bonchev–Trinajstić information content (AvgIpc) is 0.668. The van der Waals surface area contributed by atoms with Crippen molar-refractivity contribution >= 4 is 17.8 Å². The smallest absolute Gasteiger partial charge is 0.310 e. The van der Waals surface area contributed by atoms with Crippen molar-refractivity contribution in [3.05, 3.63) is 12.2 Å². The van der Waals surface area contributed by atoms with Gasteiger partial charge in [-0.05, 0) is 136 Å². The molecule has 2 N–H and O–H groups in total. The molecule has 8 heteroatoms. The van der Waals surface area contributed by atoms with E-state index in [1.807, 2.05) is 6.08 Å². The van der Waals surface area contributed by atoms with Crippen LogP contribution >= 0.6 is 0 Å². The summed E-state index contributed by atoms with van der Waals surface area (Å²) in [6.07, 6.45) is 80.1. The third kappa shape index (κ3) is 44.8. The highest BCUT2D eigenvalue weighted by Crippen LogP contribution is 2.77. The van der Waals surface area contributed by atoms with E-state index in [9.17, 15) is 14.7 Å². The highest BCUT2D eigenvalue weighted by molar-refractivity contribution is 5.78. The molecule has 1 amide bonds. The highest BCUT2D eigenvalue weighted by Gasteiger charge is 2.75. The monoisotopic (exact) mass is 1540 g/mol. The third-order valence-corrected chi connectivity index (χ3v) is 27.6. The van der Waals surface area contributed by atoms with Crippen molar-refractivity contribution in [1.29, 1.82) is 0 Å². The van der Waals surface area contributed by atoms with Crippen molar-refractivity contribution in [2.75, 3.05) is 46.5 Å². The van der Waals surface area contributed by atoms with Crippen LogP contribution in [0.25, 0.3) is 0 Å². The molecule has 0 aliphatic rings. The zero-order chi connectivity index (χ0) is 80.8. The van der Waals surface area contributed by atoms with Gasteiger partial charge in [0.05, 0.1) is 5.41 Å². The van der Waals surface area contributed by atoms with Crippen LogP contribution in [0.1, 0.15) is 508 Å². The van der Waals surface area contributed by atoms with Crippen LogP contribution < -0.4 is 5.32 Å². The number of hydrogen-bond acceptors (Lipinski definition) is 6. The number of aliphatic carboxylic acids is 1. The SMILES string of the molecule is CCCCCC/C=C/COC(=O)CCCCCCCN(CCCNC(=O)COC)CCCC(C(C)CCCCCCCC)C(C(C)CCCCCCCC)(C(C)CCCCCCCC)C(C(C)CCCCCCCC)(C(C)CCCCCCCC)C(C(=O)O)(C(C)CCCCCCCC)C(C)CCCCCCCC. The third-order valence-electron chi connectivity index (χ3n) is 27.6. The second-order valence-electron chi connectivity index (χ2n) is 36.5. The number of carbonyl (C=O) groups is 3. The lowest BCUT2D eigenvalue weighted by Gasteiger charge is -2.74. The van der Waals surface area contributed by atoms with Crippen molar-refractivity contribution in [2.24, 2.45) is 63.6 Å². The summed E-state index contributed by atoms with van der Waals surface area (Å²) < 4.78 is 10.9. The summed E-state index contributed by atoms with van der Waals surface area (Å²) in [4.78, 5) is 45.8. The van der Waals surface area contributed by atoms with Gasteiger partial charge in [0.25, 0.3) is 0 Å². The number of carbonyl (C=O) groups excluding carboxylic acids is 2. The fourth-order valence-electron chi connectivity index (χ4n) is 21.8. The molecule has 0 aliphatic carbocycles. The normalized spacial score (nSPS) is 16.0. The zero-order valence-corrected chi connectivity index (χ0v) is 77.0. The lowest BCUT2D eigenvalue weighted by molar-refractivity contribution is -0.278. The molecule has 0 rings (SSSR count). The van der Waals surface area contributed by atoms with Gasteiger partial charge in [-0.3, -0.25) is 14.4 Å². The molecule has 0 saturated heterocycles. The summed E-state index contributed by atoms with van der Waals surface area (Å²) in [6, 6.07) is 0. The lowest BCUT2D eigenvalue weighted by Crippen LogP contribution is -2.73. The van der Waals surface area contributed by atoms with Gasteiger partial charge in [-0.25, -0.2) is 0 Å². The Morgan fingerprint density at radius 2 is 0.679 bits per heavy atom. The summed E-state index contributed by atoms with van der Waals surface area (Å²) in [5.74, 6) is 1.38. The number of methoxy groups -OCH3 is 1. The van der Waals surface area contributed by atoms with E-state index in [1.54, 1.807) is 7.11 Å². The molecule has 648 valence electrons. The Bertz CT molecular complexity index is 1960. The number of unbranched alkanes of at least 4 members (excludes halogenated alkanes) is 43. The Balaban J connectivity index is 9.70. The maximum Gasteiger partial charge on any atom is 0.310 e. The lowest BCUT2D eigenvalue weighted by atomic mass is 9.29. The predicted octanol–water partition coefficient (Wildman–Crippen LogP) is 32.0. The maximum atomic E-state index is 17.3. The number of carboxylic acids is 1. The van der Waals surface area contributed by atoms with Gasteiger partial charge >= 0.3 is 11.9 Å². The van der Waals surface area contributed by atoms with Gasteiger partial charge in [-0.15, -0.1) is 0 Å². The molecule has 0 radical (unpaired) electrons. The van der Waals surface area contributed by atoms with Crippen LogP contribution in [-0.2, 0) is 23.9 Å². The summed E-state index contributed by atoms with van der Waals surface area (Å²) >= 11 is 0. The second kappa shape index (κ2) is 73.7. The molecule has 0 fully saturated rings. The number of rotatable bonds is 85. The summed E-state index contributed by atoms with van der Waals surface area (Å²) in [6.45, 7) is 42.0. The number of carboxylic acid groups (broad SMARTS) is 1. The van der Waals surface area contributed by atoms with Crippen molar-refractivity contribution in [1.82, 2.24) is 10.2 Å². The molecule has 0 bridgehead atoms. The summed E-state index contributed by atoms with van der Waals surface area (Å²) in [7, 11) is 1.61. The number of amides is 1. The fourth-order valence-corrected chi connectivity index (χ4v) is 21.8. The van der Waals surface area contributed by atoms with Crippen molar-refractivity contribution in [3.8, 4) is 0 Å². The Morgan fingerprint density at radius 1 is 0.358 bits per heavy atom. The first-order valence-corrected chi connectivity index (χ1v) is 49.5. The molecule has 0 aliphatic heterocycles.